The minimum atomic E-state index is 0.409. The molecule has 1 saturated carbocycles. The fourth-order valence-corrected chi connectivity index (χ4v) is 3.58. The Kier molecular flexibility index (Phi) is 5.31. The molecule has 0 spiro atoms. The molecule has 2 rings (SSSR count). The van der Waals surface area contributed by atoms with Crippen LogP contribution in [0.1, 0.15) is 65.1 Å². The monoisotopic (exact) mass is 277 g/mol. The highest BCUT2D eigenvalue weighted by atomic mass is 16.3. The van der Waals surface area contributed by atoms with E-state index >= 15 is 0 Å². The van der Waals surface area contributed by atoms with Crippen LogP contribution in [0.25, 0.3) is 0 Å². The van der Waals surface area contributed by atoms with Gasteiger partial charge in [-0.15, -0.1) is 0 Å². The maximum Gasteiger partial charge on any atom is 0.107 e. The SMILES string of the molecule is CCCNCC1CCC(C(C)(C)C)CC1c1ccco1. The predicted octanol–water partition coefficient (Wildman–Crippen LogP) is 4.83. The van der Waals surface area contributed by atoms with Crippen LogP contribution in [0, 0.1) is 17.3 Å². The van der Waals surface area contributed by atoms with Gasteiger partial charge in [0.1, 0.15) is 5.76 Å². The molecule has 2 heteroatoms. The Morgan fingerprint density at radius 3 is 2.70 bits per heavy atom. The summed E-state index contributed by atoms with van der Waals surface area (Å²) in [5.41, 5.74) is 0.409. The van der Waals surface area contributed by atoms with Crippen LogP contribution in [0.3, 0.4) is 0 Å². The highest BCUT2D eigenvalue weighted by molar-refractivity contribution is 5.09. The molecular formula is C18H31NO. The van der Waals surface area contributed by atoms with Gasteiger partial charge in [-0.3, -0.25) is 0 Å². The molecule has 3 atom stereocenters. The third-order valence-corrected chi connectivity index (χ3v) is 4.96. The van der Waals surface area contributed by atoms with Crippen molar-refractivity contribution in [2.75, 3.05) is 13.1 Å². The molecule has 1 aromatic rings. The fraction of sp³-hybridized carbons (Fsp3) is 0.778. The molecule has 1 aliphatic carbocycles. The van der Waals surface area contributed by atoms with E-state index in [1.54, 1.807) is 0 Å². The zero-order valence-corrected chi connectivity index (χ0v) is 13.6. The summed E-state index contributed by atoms with van der Waals surface area (Å²) in [5, 5.41) is 3.61. The summed E-state index contributed by atoms with van der Waals surface area (Å²) < 4.78 is 5.74. The van der Waals surface area contributed by atoms with Crippen molar-refractivity contribution in [3.05, 3.63) is 24.2 Å². The number of hydrogen-bond donors (Lipinski definition) is 1. The minimum Gasteiger partial charge on any atom is -0.469 e. The van der Waals surface area contributed by atoms with E-state index in [9.17, 15) is 0 Å². The van der Waals surface area contributed by atoms with Gasteiger partial charge in [-0.25, -0.2) is 0 Å². The van der Waals surface area contributed by atoms with Gasteiger partial charge in [0.25, 0.3) is 0 Å². The zero-order valence-electron chi connectivity index (χ0n) is 13.6. The van der Waals surface area contributed by atoms with Gasteiger partial charge >= 0.3 is 0 Å². The third kappa shape index (κ3) is 3.88. The quantitative estimate of drug-likeness (QED) is 0.780. The molecule has 1 heterocycles. The second kappa shape index (κ2) is 6.80. The first-order valence-electron chi connectivity index (χ1n) is 8.26. The molecule has 0 aliphatic heterocycles. The van der Waals surface area contributed by atoms with Crippen molar-refractivity contribution in [3.8, 4) is 0 Å². The van der Waals surface area contributed by atoms with E-state index in [0.29, 0.717) is 11.3 Å². The lowest BCUT2D eigenvalue weighted by Crippen LogP contribution is -2.35. The van der Waals surface area contributed by atoms with Crippen molar-refractivity contribution in [2.45, 2.75) is 59.3 Å². The lowest BCUT2D eigenvalue weighted by Gasteiger charge is -2.41. The van der Waals surface area contributed by atoms with Crippen molar-refractivity contribution >= 4 is 0 Å². The van der Waals surface area contributed by atoms with E-state index in [4.69, 9.17) is 4.42 Å². The van der Waals surface area contributed by atoms with Crippen LogP contribution in [-0.2, 0) is 0 Å². The van der Waals surface area contributed by atoms with Crippen molar-refractivity contribution in [1.29, 1.82) is 0 Å². The van der Waals surface area contributed by atoms with Crippen molar-refractivity contribution < 1.29 is 4.42 Å². The van der Waals surface area contributed by atoms with E-state index in [1.807, 2.05) is 12.3 Å². The molecule has 0 radical (unpaired) electrons. The maximum absolute atomic E-state index is 5.74. The molecule has 1 aliphatic rings. The molecular weight excluding hydrogens is 246 g/mol. The van der Waals surface area contributed by atoms with Crippen LogP contribution in [-0.4, -0.2) is 13.1 Å². The van der Waals surface area contributed by atoms with Crippen LogP contribution in [0.5, 0.6) is 0 Å². The Hall–Kier alpha value is -0.760. The summed E-state index contributed by atoms with van der Waals surface area (Å²) >= 11 is 0. The average molecular weight is 277 g/mol. The standard InChI is InChI=1S/C18H31NO/c1-5-10-19-13-14-8-9-15(18(2,3)4)12-16(14)17-7-6-11-20-17/h6-7,11,14-16,19H,5,8-10,12-13H2,1-4H3. The van der Waals surface area contributed by atoms with Crippen LogP contribution >= 0.6 is 0 Å². The Bertz CT molecular complexity index is 377. The first-order chi connectivity index (χ1) is 9.52. The van der Waals surface area contributed by atoms with Crippen LogP contribution in [0.2, 0.25) is 0 Å². The number of rotatable bonds is 5. The predicted molar refractivity (Wildman–Crippen MR) is 84.9 cm³/mol. The normalized spacial score (nSPS) is 27.7. The van der Waals surface area contributed by atoms with E-state index in [0.717, 1.165) is 24.9 Å². The minimum absolute atomic E-state index is 0.409. The molecule has 0 aromatic carbocycles. The van der Waals surface area contributed by atoms with Crippen LogP contribution in [0.4, 0.5) is 0 Å². The summed E-state index contributed by atoms with van der Waals surface area (Å²) in [4.78, 5) is 0. The van der Waals surface area contributed by atoms with E-state index < -0.39 is 0 Å². The summed E-state index contributed by atoms with van der Waals surface area (Å²) in [6.45, 7) is 11.6. The van der Waals surface area contributed by atoms with Crippen molar-refractivity contribution in [2.24, 2.45) is 17.3 Å². The number of furan rings is 1. The van der Waals surface area contributed by atoms with Gasteiger partial charge < -0.3 is 9.73 Å². The summed E-state index contributed by atoms with van der Waals surface area (Å²) in [5.74, 6) is 3.32. The summed E-state index contributed by atoms with van der Waals surface area (Å²) in [7, 11) is 0. The largest absolute Gasteiger partial charge is 0.469 e. The van der Waals surface area contributed by atoms with Gasteiger partial charge in [0.2, 0.25) is 0 Å². The van der Waals surface area contributed by atoms with E-state index in [-0.39, 0.29) is 0 Å². The topological polar surface area (TPSA) is 25.2 Å². The molecule has 114 valence electrons. The Labute approximate surface area is 124 Å². The average Bonchev–Trinajstić information content (AvgIpc) is 2.92. The molecule has 1 N–H and O–H groups in total. The molecule has 20 heavy (non-hydrogen) atoms. The summed E-state index contributed by atoms with van der Waals surface area (Å²) in [6.07, 6.45) is 6.99. The van der Waals surface area contributed by atoms with Crippen molar-refractivity contribution in [3.63, 3.8) is 0 Å². The number of hydrogen-bond acceptors (Lipinski definition) is 2. The van der Waals surface area contributed by atoms with Gasteiger partial charge in [-0.2, -0.15) is 0 Å². The zero-order chi connectivity index (χ0) is 14.6. The molecule has 0 bridgehead atoms. The van der Waals surface area contributed by atoms with E-state index in [1.165, 1.54) is 31.4 Å². The number of nitrogens with one attached hydrogen (secondary N) is 1. The van der Waals surface area contributed by atoms with Gasteiger partial charge in [0, 0.05) is 5.92 Å². The maximum atomic E-state index is 5.74. The first kappa shape index (κ1) is 15.6. The Morgan fingerprint density at radius 2 is 2.10 bits per heavy atom. The highest BCUT2D eigenvalue weighted by Gasteiger charge is 2.37. The third-order valence-electron chi connectivity index (χ3n) is 4.96. The molecule has 1 aromatic heterocycles. The fourth-order valence-electron chi connectivity index (χ4n) is 3.58. The lowest BCUT2D eigenvalue weighted by atomic mass is 9.65. The Morgan fingerprint density at radius 1 is 1.30 bits per heavy atom. The molecule has 0 saturated heterocycles. The Balaban J connectivity index is 2.05. The van der Waals surface area contributed by atoms with Gasteiger partial charge in [-0.1, -0.05) is 27.7 Å². The molecule has 2 nitrogen and oxygen atoms in total. The molecule has 0 amide bonds. The molecule has 1 fully saturated rings. The highest BCUT2D eigenvalue weighted by Crippen LogP contribution is 2.46. The van der Waals surface area contributed by atoms with Gasteiger partial charge in [-0.05, 0) is 68.2 Å². The van der Waals surface area contributed by atoms with Crippen molar-refractivity contribution in [1.82, 2.24) is 5.32 Å². The smallest absolute Gasteiger partial charge is 0.107 e. The van der Waals surface area contributed by atoms with Gasteiger partial charge in [0.05, 0.1) is 6.26 Å². The second-order valence-electron chi connectivity index (χ2n) is 7.46. The molecule has 3 unspecified atom stereocenters. The van der Waals surface area contributed by atoms with Gasteiger partial charge in [0.15, 0.2) is 0 Å². The van der Waals surface area contributed by atoms with Crippen LogP contribution < -0.4 is 5.32 Å². The first-order valence-corrected chi connectivity index (χ1v) is 8.26. The lowest BCUT2D eigenvalue weighted by molar-refractivity contribution is 0.120. The second-order valence-corrected chi connectivity index (χ2v) is 7.46. The summed E-state index contributed by atoms with van der Waals surface area (Å²) in [6, 6.07) is 4.20. The van der Waals surface area contributed by atoms with Crippen LogP contribution in [0.15, 0.2) is 22.8 Å². The van der Waals surface area contributed by atoms with E-state index in [2.05, 4.69) is 39.1 Å².